The van der Waals surface area contributed by atoms with E-state index >= 15 is 0 Å². The molecule has 3 rings (SSSR count). The average molecular weight is 537 g/mol. The van der Waals surface area contributed by atoms with E-state index in [1.54, 1.807) is 54.6 Å². The fraction of sp³-hybridized carbons (Fsp3) is 0.160. The quantitative estimate of drug-likeness (QED) is 0.267. The van der Waals surface area contributed by atoms with E-state index in [0.717, 1.165) is 23.9 Å². The molecule has 1 atom stereocenters. The van der Waals surface area contributed by atoms with Crippen LogP contribution in [0.4, 0.5) is 24.5 Å². The van der Waals surface area contributed by atoms with Crippen molar-refractivity contribution >= 4 is 52.5 Å². The van der Waals surface area contributed by atoms with Gasteiger partial charge in [-0.2, -0.15) is 13.2 Å². The van der Waals surface area contributed by atoms with E-state index in [4.69, 9.17) is 16.7 Å². The van der Waals surface area contributed by atoms with Gasteiger partial charge in [0.05, 0.1) is 17.7 Å². The SMILES string of the molecule is O=C(O)CCC(=O)Nc1cccc(SC(C(=O)Nc2ccc(Cl)cc2C(F)(F)F)c2ccccc2)c1. The molecule has 3 aromatic rings. The Balaban J connectivity index is 1.85. The topological polar surface area (TPSA) is 95.5 Å². The Kier molecular flexibility index (Phi) is 9.00. The second-order valence-electron chi connectivity index (χ2n) is 7.56. The molecule has 36 heavy (non-hydrogen) atoms. The molecule has 188 valence electrons. The summed E-state index contributed by atoms with van der Waals surface area (Å²) in [6, 6.07) is 18.1. The average Bonchev–Trinajstić information content (AvgIpc) is 2.82. The summed E-state index contributed by atoms with van der Waals surface area (Å²) in [5.41, 5.74) is -0.540. The van der Waals surface area contributed by atoms with Crippen molar-refractivity contribution in [3.8, 4) is 0 Å². The van der Waals surface area contributed by atoms with Crippen LogP contribution in [0.1, 0.15) is 29.2 Å². The number of nitrogens with one attached hydrogen (secondary N) is 2. The molecule has 3 N–H and O–H groups in total. The maximum atomic E-state index is 13.5. The van der Waals surface area contributed by atoms with Gasteiger partial charge in [-0.15, -0.1) is 11.8 Å². The van der Waals surface area contributed by atoms with Gasteiger partial charge < -0.3 is 15.7 Å². The minimum Gasteiger partial charge on any atom is -0.481 e. The van der Waals surface area contributed by atoms with Gasteiger partial charge in [0.25, 0.3) is 0 Å². The minimum atomic E-state index is -4.73. The molecule has 2 amide bonds. The van der Waals surface area contributed by atoms with Crippen LogP contribution in [-0.2, 0) is 20.6 Å². The molecule has 0 radical (unpaired) electrons. The molecule has 3 aromatic carbocycles. The highest BCUT2D eigenvalue weighted by molar-refractivity contribution is 8.00. The number of carboxylic acid groups (broad SMARTS) is 1. The van der Waals surface area contributed by atoms with Crippen LogP contribution < -0.4 is 10.6 Å². The summed E-state index contributed by atoms with van der Waals surface area (Å²) in [4.78, 5) is 36.4. The number of aliphatic carboxylic acids is 1. The fourth-order valence-corrected chi connectivity index (χ4v) is 4.44. The third kappa shape index (κ3) is 7.76. The van der Waals surface area contributed by atoms with Crippen molar-refractivity contribution in [3.63, 3.8) is 0 Å². The molecule has 0 bridgehead atoms. The van der Waals surface area contributed by atoms with Crippen molar-refractivity contribution < 1.29 is 32.7 Å². The van der Waals surface area contributed by atoms with Gasteiger partial charge in [0.1, 0.15) is 5.25 Å². The summed E-state index contributed by atoms with van der Waals surface area (Å²) in [5, 5.41) is 12.6. The smallest absolute Gasteiger partial charge is 0.418 e. The zero-order valence-corrected chi connectivity index (χ0v) is 20.1. The second-order valence-corrected chi connectivity index (χ2v) is 9.17. The van der Waals surface area contributed by atoms with Gasteiger partial charge in [-0.05, 0) is 42.0 Å². The molecule has 0 aliphatic heterocycles. The Hall–Kier alpha value is -3.50. The summed E-state index contributed by atoms with van der Waals surface area (Å²) in [5.74, 6) is -2.27. The summed E-state index contributed by atoms with van der Waals surface area (Å²) in [7, 11) is 0. The lowest BCUT2D eigenvalue weighted by atomic mass is 10.1. The van der Waals surface area contributed by atoms with Gasteiger partial charge in [0.15, 0.2) is 0 Å². The Morgan fingerprint density at radius 3 is 2.31 bits per heavy atom. The number of thioether (sulfide) groups is 1. The third-order valence-electron chi connectivity index (χ3n) is 4.82. The first-order valence-electron chi connectivity index (χ1n) is 10.5. The maximum Gasteiger partial charge on any atom is 0.418 e. The van der Waals surface area contributed by atoms with Gasteiger partial charge in [-0.1, -0.05) is 48.0 Å². The molecular weight excluding hydrogens is 517 g/mol. The summed E-state index contributed by atoms with van der Waals surface area (Å²) in [6.45, 7) is 0. The van der Waals surface area contributed by atoms with Gasteiger partial charge in [-0.25, -0.2) is 0 Å². The Bertz CT molecular complexity index is 1260. The maximum absolute atomic E-state index is 13.5. The van der Waals surface area contributed by atoms with E-state index in [0.29, 0.717) is 16.1 Å². The number of carbonyl (C=O) groups is 3. The van der Waals surface area contributed by atoms with Crippen LogP contribution in [-0.4, -0.2) is 22.9 Å². The number of amides is 2. The standard InChI is InChI=1S/C25H20ClF3N2O4S/c26-16-9-10-20(19(13-16)25(27,28)29)31-24(35)23(15-5-2-1-3-6-15)36-18-8-4-7-17(14-18)30-21(32)11-12-22(33)34/h1-10,13-14,23H,11-12H2,(H,30,32)(H,31,35)(H,33,34). The van der Waals surface area contributed by atoms with Crippen LogP contribution in [0.15, 0.2) is 77.7 Å². The first-order valence-corrected chi connectivity index (χ1v) is 11.8. The van der Waals surface area contributed by atoms with Crippen LogP contribution >= 0.6 is 23.4 Å². The number of rotatable bonds is 9. The lowest BCUT2D eigenvalue weighted by Gasteiger charge is -2.20. The fourth-order valence-electron chi connectivity index (χ4n) is 3.19. The summed E-state index contributed by atoms with van der Waals surface area (Å²) >= 11 is 6.82. The van der Waals surface area contributed by atoms with E-state index in [1.807, 2.05) is 0 Å². The minimum absolute atomic E-state index is 0.114. The van der Waals surface area contributed by atoms with Crippen LogP contribution in [0.25, 0.3) is 0 Å². The van der Waals surface area contributed by atoms with Gasteiger partial charge in [-0.3, -0.25) is 14.4 Å². The highest BCUT2D eigenvalue weighted by Crippen LogP contribution is 2.40. The van der Waals surface area contributed by atoms with Crippen LogP contribution in [0.3, 0.4) is 0 Å². The molecule has 0 saturated carbocycles. The van der Waals surface area contributed by atoms with Crippen molar-refractivity contribution in [2.75, 3.05) is 10.6 Å². The number of anilines is 2. The van der Waals surface area contributed by atoms with E-state index in [2.05, 4.69) is 10.6 Å². The number of hydrogen-bond donors (Lipinski definition) is 3. The number of alkyl halides is 3. The van der Waals surface area contributed by atoms with Crippen LogP contribution in [0, 0.1) is 0 Å². The predicted octanol–water partition coefficient (Wildman–Crippen LogP) is 6.63. The molecule has 1 unspecified atom stereocenters. The Morgan fingerprint density at radius 1 is 0.917 bits per heavy atom. The van der Waals surface area contributed by atoms with Crippen molar-refractivity contribution in [3.05, 3.63) is 88.9 Å². The number of hydrogen-bond acceptors (Lipinski definition) is 4. The molecule has 0 spiro atoms. The molecular formula is C25H20ClF3N2O4S. The van der Waals surface area contributed by atoms with E-state index in [-0.39, 0.29) is 17.9 Å². The van der Waals surface area contributed by atoms with Crippen LogP contribution in [0.5, 0.6) is 0 Å². The molecule has 0 aliphatic carbocycles. The highest BCUT2D eigenvalue weighted by atomic mass is 35.5. The van der Waals surface area contributed by atoms with Gasteiger partial charge >= 0.3 is 12.1 Å². The van der Waals surface area contributed by atoms with E-state index < -0.39 is 40.5 Å². The molecule has 0 aliphatic rings. The first kappa shape index (κ1) is 27.1. The molecule has 0 fully saturated rings. The normalized spacial score (nSPS) is 12.0. The highest BCUT2D eigenvalue weighted by Gasteiger charge is 2.35. The van der Waals surface area contributed by atoms with Crippen molar-refractivity contribution in [1.82, 2.24) is 0 Å². The zero-order valence-electron chi connectivity index (χ0n) is 18.5. The molecule has 0 saturated heterocycles. The number of halogens is 4. The van der Waals surface area contributed by atoms with Crippen molar-refractivity contribution in [1.29, 1.82) is 0 Å². The first-order chi connectivity index (χ1) is 17.0. The largest absolute Gasteiger partial charge is 0.481 e. The number of carbonyl (C=O) groups excluding carboxylic acids is 2. The Morgan fingerprint density at radius 2 is 1.64 bits per heavy atom. The Labute approximate surface area is 213 Å². The molecule has 0 heterocycles. The number of carboxylic acids is 1. The second kappa shape index (κ2) is 12.0. The lowest BCUT2D eigenvalue weighted by molar-refractivity contribution is -0.138. The van der Waals surface area contributed by atoms with E-state index in [1.165, 1.54) is 6.07 Å². The molecule has 11 heteroatoms. The van der Waals surface area contributed by atoms with E-state index in [9.17, 15) is 27.6 Å². The molecule has 0 aromatic heterocycles. The van der Waals surface area contributed by atoms with Gasteiger partial charge in [0.2, 0.25) is 11.8 Å². The van der Waals surface area contributed by atoms with Gasteiger partial charge in [0, 0.05) is 22.0 Å². The summed E-state index contributed by atoms with van der Waals surface area (Å²) in [6.07, 6.45) is -5.25. The zero-order chi connectivity index (χ0) is 26.3. The monoisotopic (exact) mass is 536 g/mol. The summed E-state index contributed by atoms with van der Waals surface area (Å²) < 4.78 is 40.5. The molecule has 6 nitrogen and oxygen atoms in total. The third-order valence-corrected chi connectivity index (χ3v) is 6.31. The van der Waals surface area contributed by atoms with Crippen molar-refractivity contribution in [2.24, 2.45) is 0 Å². The van der Waals surface area contributed by atoms with Crippen molar-refractivity contribution in [2.45, 2.75) is 29.2 Å². The van der Waals surface area contributed by atoms with Crippen LogP contribution in [0.2, 0.25) is 5.02 Å². The lowest BCUT2D eigenvalue weighted by Crippen LogP contribution is -2.21. The predicted molar refractivity (Wildman–Crippen MR) is 132 cm³/mol. The number of benzene rings is 3.